The van der Waals surface area contributed by atoms with E-state index in [9.17, 15) is 19.8 Å². The molecular formula is C22H22ClNO7. The van der Waals surface area contributed by atoms with E-state index in [4.69, 9.17) is 25.8 Å². The van der Waals surface area contributed by atoms with Gasteiger partial charge in [-0.1, -0.05) is 11.6 Å². The summed E-state index contributed by atoms with van der Waals surface area (Å²) in [6.07, 6.45) is 0. The van der Waals surface area contributed by atoms with Gasteiger partial charge in [-0.2, -0.15) is 0 Å². The molecule has 3 rings (SSSR count). The van der Waals surface area contributed by atoms with Crippen LogP contribution in [-0.4, -0.2) is 61.3 Å². The van der Waals surface area contributed by atoms with E-state index in [1.165, 1.54) is 26.2 Å². The number of carbonyl (C=O) groups excluding carboxylic acids is 2. The van der Waals surface area contributed by atoms with Gasteiger partial charge in [-0.05, 0) is 42.0 Å². The molecule has 2 aromatic rings. The third-order valence-corrected chi connectivity index (χ3v) is 5.25. The van der Waals surface area contributed by atoms with E-state index in [0.29, 0.717) is 33.4 Å². The Labute approximate surface area is 184 Å². The smallest absolute Gasteiger partial charge is 0.295 e. The largest absolute Gasteiger partial charge is 0.507 e. The van der Waals surface area contributed by atoms with Crippen LogP contribution >= 0.6 is 11.6 Å². The van der Waals surface area contributed by atoms with Crippen molar-refractivity contribution in [2.45, 2.75) is 6.04 Å². The van der Waals surface area contributed by atoms with Crippen LogP contribution in [0.3, 0.4) is 0 Å². The molecule has 1 heterocycles. The fraction of sp³-hybridized carbons (Fsp3) is 0.273. The maximum atomic E-state index is 12.9. The fourth-order valence-corrected chi connectivity index (χ4v) is 3.71. The Hall–Kier alpha value is -3.23. The van der Waals surface area contributed by atoms with Crippen LogP contribution in [0, 0.1) is 0 Å². The van der Waals surface area contributed by atoms with Gasteiger partial charge in [0.15, 0.2) is 11.5 Å². The number of halogens is 1. The summed E-state index contributed by atoms with van der Waals surface area (Å²) in [6, 6.07) is 8.43. The lowest BCUT2D eigenvalue weighted by atomic mass is 9.94. The number of methoxy groups -OCH3 is 3. The van der Waals surface area contributed by atoms with Crippen molar-refractivity contribution in [2.75, 3.05) is 34.5 Å². The summed E-state index contributed by atoms with van der Waals surface area (Å²) in [7, 11) is 4.34. The van der Waals surface area contributed by atoms with Crippen LogP contribution in [-0.2, 0) is 9.59 Å². The molecule has 8 nitrogen and oxygen atoms in total. The van der Waals surface area contributed by atoms with Gasteiger partial charge in [-0.3, -0.25) is 9.59 Å². The summed E-state index contributed by atoms with van der Waals surface area (Å²) in [5, 5.41) is 20.9. The number of hydrogen-bond acceptors (Lipinski definition) is 7. The number of aliphatic hydroxyl groups excluding tert-OH is 2. The van der Waals surface area contributed by atoms with E-state index in [1.54, 1.807) is 36.4 Å². The monoisotopic (exact) mass is 447 g/mol. The third kappa shape index (κ3) is 4.04. The summed E-state index contributed by atoms with van der Waals surface area (Å²) >= 11 is 5.92. The van der Waals surface area contributed by atoms with Gasteiger partial charge < -0.3 is 29.3 Å². The zero-order chi connectivity index (χ0) is 22.7. The number of ketones is 1. The highest BCUT2D eigenvalue weighted by Gasteiger charge is 2.46. The molecule has 1 amide bonds. The Morgan fingerprint density at radius 1 is 1.03 bits per heavy atom. The summed E-state index contributed by atoms with van der Waals surface area (Å²) < 4.78 is 16.1. The first-order chi connectivity index (χ1) is 14.9. The number of likely N-dealkylation sites (tertiary alicyclic amines) is 1. The average Bonchev–Trinajstić information content (AvgIpc) is 3.03. The predicted molar refractivity (Wildman–Crippen MR) is 114 cm³/mol. The second-order valence-electron chi connectivity index (χ2n) is 6.68. The lowest BCUT2D eigenvalue weighted by Crippen LogP contribution is -2.32. The molecule has 1 saturated heterocycles. The number of ether oxygens (including phenoxy) is 3. The molecule has 0 aliphatic carbocycles. The molecule has 2 aromatic carbocycles. The topological polar surface area (TPSA) is 106 Å². The molecule has 1 atom stereocenters. The number of rotatable bonds is 7. The zero-order valence-corrected chi connectivity index (χ0v) is 18.0. The molecule has 164 valence electrons. The Bertz CT molecular complexity index is 1010. The first-order valence-electron chi connectivity index (χ1n) is 9.33. The molecule has 0 saturated carbocycles. The minimum atomic E-state index is -0.975. The van der Waals surface area contributed by atoms with Gasteiger partial charge >= 0.3 is 0 Å². The van der Waals surface area contributed by atoms with Crippen molar-refractivity contribution < 1.29 is 34.0 Å². The number of nitrogens with zero attached hydrogens (tertiary/aromatic N) is 1. The maximum absolute atomic E-state index is 12.9. The molecule has 1 aliphatic heterocycles. The van der Waals surface area contributed by atoms with E-state index in [2.05, 4.69) is 0 Å². The minimum absolute atomic E-state index is 0.108. The normalized spacial score (nSPS) is 17.7. The lowest BCUT2D eigenvalue weighted by Gasteiger charge is -2.26. The standard InChI is InChI=1S/C22H22ClNO7/c1-29-15-10-13(11-16(30-2)21(15)31-3)18-17(20(27)22(28)24(18)8-9-25)19(26)12-4-6-14(23)7-5-12/h4-7,10-11,18,25-26H,8-9H2,1-3H3/b19-17-. The molecule has 2 N–H and O–H groups in total. The van der Waals surface area contributed by atoms with E-state index in [0.717, 1.165) is 0 Å². The number of Topliss-reactive ketones (excluding diaryl/α,β-unsaturated/α-hetero) is 1. The van der Waals surface area contributed by atoms with Crippen molar-refractivity contribution in [3.8, 4) is 17.2 Å². The highest BCUT2D eigenvalue weighted by atomic mass is 35.5. The van der Waals surface area contributed by atoms with Crippen molar-refractivity contribution in [1.29, 1.82) is 0 Å². The second-order valence-corrected chi connectivity index (χ2v) is 7.12. The van der Waals surface area contributed by atoms with Crippen molar-refractivity contribution in [3.05, 3.63) is 58.1 Å². The molecule has 31 heavy (non-hydrogen) atoms. The van der Waals surface area contributed by atoms with Gasteiger partial charge in [0.2, 0.25) is 5.75 Å². The van der Waals surface area contributed by atoms with Gasteiger partial charge in [0.1, 0.15) is 5.76 Å². The van der Waals surface area contributed by atoms with Gasteiger partial charge in [0, 0.05) is 17.1 Å². The summed E-state index contributed by atoms with van der Waals surface area (Å²) in [5.74, 6) is -1.07. The van der Waals surface area contributed by atoms with E-state index in [-0.39, 0.29) is 24.5 Å². The predicted octanol–water partition coefficient (Wildman–Crippen LogP) is 2.78. The molecule has 0 aromatic heterocycles. The number of carbonyl (C=O) groups is 2. The van der Waals surface area contributed by atoms with E-state index >= 15 is 0 Å². The number of hydrogen-bond donors (Lipinski definition) is 2. The van der Waals surface area contributed by atoms with Crippen LogP contribution in [0.2, 0.25) is 5.02 Å². The molecule has 1 unspecified atom stereocenters. The lowest BCUT2D eigenvalue weighted by molar-refractivity contribution is -0.140. The average molecular weight is 448 g/mol. The van der Waals surface area contributed by atoms with Crippen LogP contribution < -0.4 is 14.2 Å². The summed E-state index contributed by atoms with van der Waals surface area (Å²) in [6.45, 7) is -0.474. The second kappa shape index (κ2) is 9.28. The van der Waals surface area contributed by atoms with Gasteiger partial charge in [-0.15, -0.1) is 0 Å². The molecule has 0 radical (unpaired) electrons. The number of benzene rings is 2. The Morgan fingerprint density at radius 3 is 2.10 bits per heavy atom. The molecule has 1 fully saturated rings. The number of amides is 1. The highest BCUT2D eigenvalue weighted by Crippen LogP contribution is 2.45. The Balaban J connectivity index is 2.26. The van der Waals surface area contributed by atoms with Crippen molar-refractivity contribution in [2.24, 2.45) is 0 Å². The molecule has 0 spiro atoms. The van der Waals surface area contributed by atoms with Crippen molar-refractivity contribution in [3.63, 3.8) is 0 Å². The van der Waals surface area contributed by atoms with Gasteiger partial charge in [-0.25, -0.2) is 0 Å². The molecule has 9 heteroatoms. The summed E-state index contributed by atoms with van der Waals surface area (Å²) in [5.41, 5.74) is 0.650. The molecule has 1 aliphatic rings. The van der Waals surface area contributed by atoms with Crippen LogP contribution in [0.25, 0.3) is 5.76 Å². The maximum Gasteiger partial charge on any atom is 0.295 e. The Kier molecular flexibility index (Phi) is 6.72. The van der Waals surface area contributed by atoms with E-state index in [1.807, 2.05) is 0 Å². The fourth-order valence-electron chi connectivity index (χ4n) is 3.59. The van der Waals surface area contributed by atoms with Crippen LogP contribution in [0.15, 0.2) is 42.0 Å². The van der Waals surface area contributed by atoms with Crippen LogP contribution in [0.1, 0.15) is 17.2 Å². The summed E-state index contributed by atoms with van der Waals surface area (Å²) in [4.78, 5) is 26.8. The zero-order valence-electron chi connectivity index (χ0n) is 17.2. The third-order valence-electron chi connectivity index (χ3n) is 5.00. The van der Waals surface area contributed by atoms with Crippen molar-refractivity contribution >= 4 is 29.1 Å². The highest BCUT2D eigenvalue weighted by molar-refractivity contribution is 6.46. The van der Waals surface area contributed by atoms with Crippen LogP contribution in [0.5, 0.6) is 17.2 Å². The quantitative estimate of drug-likeness (QED) is 0.382. The number of aliphatic hydroxyl groups is 2. The first kappa shape index (κ1) is 22.5. The van der Waals surface area contributed by atoms with Gasteiger partial charge in [0.05, 0.1) is 39.6 Å². The first-order valence-corrected chi connectivity index (χ1v) is 9.70. The van der Waals surface area contributed by atoms with Crippen molar-refractivity contribution in [1.82, 2.24) is 4.90 Å². The molecular weight excluding hydrogens is 426 g/mol. The SMILES string of the molecule is COc1cc(C2/C(=C(/O)c3ccc(Cl)cc3)C(=O)C(=O)N2CCO)cc(OC)c1OC. The minimum Gasteiger partial charge on any atom is -0.507 e. The van der Waals surface area contributed by atoms with Gasteiger partial charge in [0.25, 0.3) is 11.7 Å². The molecule has 0 bridgehead atoms. The van der Waals surface area contributed by atoms with Crippen LogP contribution in [0.4, 0.5) is 0 Å². The Morgan fingerprint density at radius 2 is 1.61 bits per heavy atom. The number of β-amino-alcohol motifs (C(OH)–C–C–N with tert-alkyl or cyclic N) is 1. The van der Waals surface area contributed by atoms with E-state index < -0.39 is 17.7 Å².